The first-order valence-corrected chi connectivity index (χ1v) is 10.7. The summed E-state index contributed by atoms with van der Waals surface area (Å²) in [7, 11) is -2.24. The third-order valence-corrected chi connectivity index (χ3v) is 7.49. The van der Waals surface area contributed by atoms with Crippen molar-refractivity contribution in [1.82, 2.24) is 4.90 Å². The van der Waals surface area contributed by atoms with Crippen LogP contribution in [0.15, 0.2) is 52.3 Å². The summed E-state index contributed by atoms with van der Waals surface area (Å²) in [6, 6.07) is 9.19. The molecule has 1 fully saturated rings. The second kappa shape index (κ2) is 6.77. The van der Waals surface area contributed by atoms with Gasteiger partial charge in [0, 0.05) is 17.6 Å². The number of halogens is 3. The largest absolute Gasteiger partial charge is 0.417 e. The lowest BCUT2D eigenvalue weighted by Crippen LogP contribution is -2.22. The van der Waals surface area contributed by atoms with Crippen LogP contribution in [-0.2, 0) is 16.0 Å². The molecular formula is C20H21F3N2O2S. The number of hydrogen-bond donors (Lipinski definition) is 1. The fraction of sp³-hybridized carbons (Fsp3) is 0.400. The number of likely N-dealkylation sites (tertiary alicyclic amines) is 1. The average molecular weight is 410 g/mol. The number of fused-ring (bicyclic) bond motifs is 3. The number of nitrogens with zero attached hydrogens (tertiary/aromatic N) is 1. The minimum Gasteiger partial charge on any atom is -0.381 e. The Morgan fingerprint density at radius 1 is 1.07 bits per heavy atom. The zero-order chi connectivity index (χ0) is 20.1. The molecule has 1 N–H and O–H groups in total. The van der Waals surface area contributed by atoms with Crippen molar-refractivity contribution in [3.8, 4) is 0 Å². The lowest BCUT2D eigenvalue weighted by atomic mass is 9.91. The maximum absolute atomic E-state index is 13.3. The molecule has 28 heavy (non-hydrogen) atoms. The van der Waals surface area contributed by atoms with Crippen molar-refractivity contribution in [2.24, 2.45) is 0 Å². The predicted octanol–water partition coefficient (Wildman–Crippen LogP) is 4.14. The molecule has 0 radical (unpaired) electrons. The maximum atomic E-state index is 13.3. The smallest absolute Gasteiger partial charge is 0.381 e. The van der Waals surface area contributed by atoms with E-state index < -0.39 is 26.5 Å². The number of rotatable bonds is 2. The minimum atomic E-state index is -4.74. The Morgan fingerprint density at radius 2 is 1.79 bits per heavy atom. The predicted molar refractivity (Wildman–Crippen MR) is 100 cm³/mol. The zero-order valence-electron chi connectivity index (χ0n) is 15.3. The Kier molecular flexibility index (Phi) is 4.66. The Bertz CT molecular complexity index is 1000. The van der Waals surface area contributed by atoms with E-state index in [-0.39, 0.29) is 16.9 Å². The molecule has 2 atom stereocenters. The monoisotopic (exact) mass is 410 g/mol. The summed E-state index contributed by atoms with van der Waals surface area (Å²) in [5, 5.41) is 3.45. The van der Waals surface area contributed by atoms with Crippen LogP contribution in [0.25, 0.3) is 0 Å². The van der Waals surface area contributed by atoms with Gasteiger partial charge in [0.05, 0.1) is 15.4 Å². The van der Waals surface area contributed by atoms with Gasteiger partial charge in [0.25, 0.3) is 0 Å². The molecule has 0 bridgehead atoms. The molecule has 0 aliphatic carbocycles. The van der Waals surface area contributed by atoms with Gasteiger partial charge in [-0.05, 0) is 68.9 Å². The minimum absolute atomic E-state index is 0.0944. The first kappa shape index (κ1) is 19.3. The molecule has 1 saturated heterocycles. The standard InChI is InChI=1S/C20H21F3N2O2S/c1-25-10-8-14-15-12-13(6-7-17(15)24-18(14)9-11-25)28(26,27)19-5-3-2-4-16(19)20(21,22)23/h2-7,12,14,18,24H,8-11H2,1H3/t14-,18-/m1/s1. The summed E-state index contributed by atoms with van der Waals surface area (Å²) in [5.74, 6) is 0.160. The molecule has 4 rings (SSSR count). The first-order chi connectivity index (χ1) is 13.2. The van der Waals surface area contributed by atoms with Gasteiger partial charge in [-0.15, -0.1) is 0 Å². The molecule has 2 aliphatic heterocycles. The Labute approximate surface area is 162 Å². The van der Waals surface area contributed by atoms with E-state index in [1.165, 1.54) is 18.2 Å². The van der Waals surface area contributed by atoms with Crippen molar-refractivity contribution in [3.05, 3.63) is 53.6 Å². The number of nitrogens with one attached hydrogen (secondary N) is 1. The van der Waals surface area contributed by atoms with Crippen LogP contribution in [0, 0.1) is 0 Å². The van der Waals surface area contributed by atoms with Crippen LogP contribution in [0.3, 0.4) is 0 Å². The summed E-state index contributed by atoms with van der Waals surface area (Å²) in [6.07, 6.45) is -2.92. The molecule has 150 valence electrons. The molecule has 8 heteroatoms. The van der Waals surface area contributed by atoms with Gasteiger partial charge in [-0.1, -0.05) is 12.1 Å². The first-order valence-electron chi connectivity index (χ1n) is 9.18. The van der Waals surface area contributed by atoms with E-state index in [1.807, 2.05) is 0 Å². The third kappa shape index (κ3) is 3.28. The van der Waals surface area contributed by atoms with Gasteiger partial charge in [0.15, 0.2) is 0 Å². The van der Waals surface area contributed by atoms with Crippen molar-refractivity contribution in [1.29, 1.82) is 0 Å². The van der Waals surface area contributed by atoms with Crippen molar-refractivity contribution in [2.45, 2.75) is 40.8 Å². The summed E-state index contributed by atoms with van der Waals surface area (Å²) in [6.45, 7) is 1.85. The number of sulfone groups is 1. The third-order valence-electron chi connectivity index (χ3n) is 5.69. The van der Waals surface area contributed by atoms with Crippen LogP contribution >= 0.6 is 0 Å². The van der Waals surface area contributed by atoms with E-state index in [9.17, 15) is 21.6 Å². The van der Waals surface area contributed by atoms with Gasteiger partial charge in [-0.2, -0.15) is 13.2 Å². The van der Waals surface area contributed by atoms with Gasteiger partial charge >= 0.3 is 6.18 Å². The van der Waals surface area contributed by atoms with Crippen LogP contribution in [0.1, 0.15) is 29.9 Å². The molecule has 2 aliphatic rings. The highest BCUT2D eigenvalue weighted by molar-refractivity contribution is 7.91. The summed E-state index contributed by atoms with van der Waals surface area (Å²) in [4.78, 5) is 1.44. The number of hydrogen-bond acceptors (Lipinski definition) is 4. The molecule has 2 aromatic carbocycles. The van der Waals surface area contributed by atoms with E-state index in [0.29, 0.717) is 0 Å². The Hall–Kier alpha value is -2.06. The van der Waals surface area contributed by atoms with E-state index in [4.69, 9.17) is 0 Å². The maximum Gasteiger partial charge on any atom is 0.417 e. The molecule has 0 aromatic heterocycles. The molecule has 0 unspecified atom stereocenters. The van der Waals surface area contributed by atoms with Crippen molar-refractivity contribution >= 4 is 15.5 Å². The van der Waals surface area contributed by atoms with E-state index in [2.05, 4.69) is 17.3 Å². The van der Waals surface area contributed by atoms with Gasteiger partial charge in [0.1, 0.15) is 0 Å². The average Bonchev–Trinajstić information content (AvgIpc) is 2.90. The molecule has 2 heterocycles. The molecule has 0 spiro atoms. The van der Waals surface area contributed by atoms with Crippen molar-refractivity contribution in [3.63, 3.8) is 0 Å². The zero-order valence-corrected chi connectivity index (χ0v) is 16.1. The van der Waals surface area contributed by atoms with Gasteiger partial charge in [-0.25, -0.2) is 8.42 Å². The summed E-state index contributed by atoms with van der Waals surface area (Å²) in [5.41, 5.74) is 0.621. The van der Waals surface area contributed by atoms with Crippen LogP contribution < -0.4 is 5.32 Å². The number of anilines is 1. The highest BCUT2D eigenvalue weighted by atomic mass is 32.2. The van der Waals surface area contributed by atoms with Gasteiger partial charge in [0.2, 0.25) is 9.84 Å². The molecule has 0 saturated carbocycles. The molecule has 0 amide bonds. The van der Waals surface area contributed by atoms with Gasteiger partial charge < -0.3 is 10.2 Å². The Balaban J connectivity index is 1.76. The van der Waals surface area contributed by atoms with E-state index in [0.717, 1.165) is 49.3 Å². The Morgan fingerprint density at radius 3 is 2.54 bits per heavy atom. The molecule has 2 aromatic rings. The summed E-state index contributed by atoms with van der Waals surface area (Å²) >= 11 is 0. The fourth-order valence-corrected chi connectivity index (χ4v) is 5.70. The number of alkyl halides is 3. The van der Waals surface area contributed by atoms with Crippen LogP contribution in [0.2, 0.25) is 0 Å². The van der Waals surface area contributed by atoms with Crippen LogP contribution in [0.4, 0.5) is 18.9 Å². The molecule has 4 nitrogen and oxygen atoms in total. The van der Waals surface area contributed by atoms with E-state index in [1.54, 1.807) is 12.1 Å². The fourth-order valence-electron chi connectivity index (χ4n) is 4.19. The quantitative estimate of drug-likeness (QED) is 0.809. The van der Waals surface area contributed by atoms with Crippen molar-refractivity contribution < 1.29 is 21.6 Å². The van der Waals surface area contributed by atoms with Gasteiger partial charge in [-0.3, -0.25) is 0 Å². The highest BCUT2D eigenvalue weighted by Gasteiger charge is 2.39. The SMILES string of the molecule is CN1CC[C@@H]2c3cc(S(=O)(=O)c4ccccc4C(F)(F)F)ccc3N[C@@H]2CC1. The molecular weight excluding hydrogens is 389 g/mol. The van der Waals surface area contributed by atoms with Crippen LogP contribution in [0.5, 0.6) is 0 Å². The second-order valence-corrected chi connectivity index (χ2v) is 9.40. The van der Waals surface area contributed by atoms with Crippen molar-refractivity contribution in [2.75, 3.05) is 25.5 Å². The summed E-state index contributed by atoms with van der Waals surface area (Å²) < 4.78 is 66.1. The highest BCUT2D eigenvalue weighted by Crippen LogP contribution is 2.43. The lowest BCUT2D eigenvalue weighted by Gasteiger charge is -2.16. The van der Waals surface area contributed by atoms with E-state index >= 15 is 0 Å². The number of benzene rings is 2. The lowest BCUT2D eigenvalue weighted by molar-refractivity contribution is -0.139. The normalized spacial score (nSPS) is 22.9. The second-order valence-electron chi connectivity index (χ2n) is 7.48. The topological polar surface area (TPSA) is 49.4 Å². The van der Waals surface area contributed by atoms with Crippen LogP contribution in [-0.4, -0.2) is 39.5 Å².